The molecular weight excluding hydrogens is 308 g/mol. The largest absolute Gasteiger partial charge is 0.465 e. The lowest BCUT2D eigenvalue weighted by atomic mass is 9.97. The Kier molecular flexibility index (Phi) is 3.60. The topological polar surface area (TPSA) is 92.3 Å². The Morgan fingerprint density at radius 2 is 1.92 bits per heavy atom. The van der Waals surface area contributed by atoms with E-state index in [0.717, 1.165) is 10.9 Å². The molecule has 7 heteroatoms. The molecule has 3 heterocycles. The molecule has 122 valence electrons. The number of carboxylic acid groups (broad SMARTS) is 1. The molecule has 24 heavy (non-hydrogen) atoms. The smallest absolute Gasteiger partial charge is 0.407 e. The van der Waals surface area contributed by atoms with E-state index in [1.807, 2.05) is 36.4 Å². The molecule has 0 spiro atoms. The predicted octanol–water partition coefficient (Wildman–Crippen LogP) is 3.14. The molecule has 0 atom stereocenters. The van der Waals surface area contributed by atoms with Crippen LogP contribution in [-0.2, 0) is 0 Å². The lowest BCUT2D eigenvalue weighted by Crippen LogP contribution is -2.36. The van der Waals surface area contributed by atoms with E-state index in [0.29, 0.717) is 43.3 Å². The Bertz CT molecular complexity index is 884. The summed E-state index contributed by atoms with van der Waals surface area (Å²) in [5.74, 6) is 1.13. The van der Waals surface area contributed by atoms with E-state index in [-0.39, 0.29) is 5.92 Å². The molecule has 2 aromatic heterocycles. The van der Waals surface area contributed by atoms with Gasteiger partial charge < -0.3 is 14.5 Å². The third kappa shape index (κ3) is 2.68. The van der Waals surface area contributed by atoms with Crippen molar-refractivity contribution in [3.63, 3.8) is 0 Å². The Labute approximate surface area is 137 Å². The first-order chi connectivity index (χ1) is 11.7. The second-order valence-corrected chi connectivity index (χ2v) is 5.89. The normalized spacial score (nSPS) is 15.8. The number of piperidine rings is 1. The van der Waals surface area contributed by atoms with Gasteiger partial charge in [0.25, 0.3) is 0 Å². The summed E-state index contributed by atoms with van der Waals surface area (Å²) in [5.41, 5.74) is 1.56. The lowest BCUT2D eigenvalue weighted by molar-refractivity contribution is 0.128. The van der Waals surface area contributed by atoms with E-state index in [2.05, 4.69) is 15.1 Å². The molecule has 1 aliphatic rings. The summed E-state index contributed by atoms with van der Waals surface area (Å²) in [7, 11) is 0. The van der Waals surface area contributed by atoms with Crippen LogP contribution >= 0.6 is 0 Å². The highest BCUT2D eigenvalue weighted by Gasteiger charge is 2.27. The number of carbonyl (C=O) groups is 1. The Balaban J connectivity index is 1.55. The highest BCUT2D eigenvalue weighted by atomic mass is 16.5. The molecule has 0 unspecified atom stereocenters. The molecule has 3 aromatic rings. The van der Waals surface area contributed by atoms with Gasteiger partial charge in [-0.3, -0.25) is 0 Å². The fourth-order valence-corrected chi connectivity index (χ4v) is 3.01. The minimum absolute atomic E-state index is 0.0994. The summed E-state index contributed by atoms with van der Waals surface area (Å²) in [5, 5.41) is 14.1. The van der Waals surface area contributed by atoms with Gasteiger partial charge in [-0.25, -0.2) is 9.78 Å². The second kappa shape index (κ2) is 5.92. The summed E-state index contributed by atoms with van der Waals surface area (Å²) in [6.45, 7) is 0.984. The van der Waals surface area contributed by atoms with Crippen molar-refractivity contribution in [1.29, 1.82) is 0 Å². The van der Waals surface area contributed by atoms with Crippen LogP contribution in [0.4, 0.5) is 4.79 Å². The average molecular weight is 324 g/mol. The van der Waals surface area contributed by atoms with E-state index in [4.69, 9.17) is 9.63 Å². The molecule has 4 rings (SSSR count). The predicted molar refractivity (Wildman–Crippen MR) is 86.6 cm³/mol. The van der Waals surface area contributed by atoms with Crippen LogP contribution in [0.3, 0.4) is 0 Å². The van der Waals surface area contributed by atoms with Crippen LogP contribution in [0.25, 0.3) is 22.4 Å². The van der Waals surface area contributed by atoms with Crippen LogP contribution in [0.5, 0.6) is 0 Å². The maximum atomic E-state index is 11.0. The number of likely N-dealkylation sites (tertiary alicyclic amines) is 1. The average Bonchev–Trinajstić information content (AvgIpc) is 3.11. The molecule has 0 aliphatic carbocycles. The SMILES string of the molecule is O=C(O)N1CCC(c2nc(-c3ccc4ccccc4n3)no2)CC1. The van der Waals surface area contributed by atoms with Crippen LogP contribution in [0, 0.1) is 0 Å². The van der Waals surface area contributed by atoms with Crippen LogP contribution in [0.15, 0.2) is 40.9 Å². The fourth-order valence-electron chi connectivity index (χ4n) is 3.01. The zero-order valence-electron chi connectivity index (χ0n) is 12.9. The number of nitrogens with zero attached hydrogens (tertiary/aromatic N) is 4. The number of pyridine rings is 1. The van der Waals surface area contributed by atoms with Gasteiger partial charge in [-0.2, -0.15) is 4.98 Å². The first-order valence-electron chi connectivity index (χ1n) is 7.88. The maximum absolute atomic E-state index is 11.0. The van der Waals surface area contributed by atoms with Gasteiger partial charge in [0.05, 0.1) is 5.52 Å². The number of amides is 1. The van der Waals surface area contributed by atoms with Gasteiger partial charge >= 0.3 is 6.09 Å². The van der Waals surface area contributed by atoms with Crippen LogP contribution in [0.2, 0.25) is 0 Å². The van der Waals surface area contributed by atoms with Crippen molar-refractivity contribution in [2.24, 2.45) is 0 Å². The van der Waals surface area contributed by atoms with Gasteiger partial charge in [0.2, 0.25) is 11.7 Å². The number of hydrogen-bond acceptors (Lipinski definition) is 5. The molecule has 1 N–H and O–H groups in total. The Morgan fingerprint density at radius 1 is 1.12 bits per heavy atom. The molecule has 7 nitrogen and oxygen atoms in total. The summed E-state index contributed by atoms with van der Waals surface area (Å²) in [4.78, 5) is 21.4. The third-order valence-electron chi connectivity index (χ3n) is 4.38. The van der Waals surface area contributed by atoms with Gasteiger partial charge in [0.15, 0.2) is 0 Å². The number of fused-ring (bicyclic) bond motifs is 1. The Hall–Kier alpha value is -2.96. The number of benzene rings is 1. The highest BCUT2D eigenvalue weighted by molar-refractivity contribution is 5.80. The lowest BCUT2D eigenvalue weighted by Gasteiger charge is -2.27. The number of aromatic nitrogens is 3. The van der Waals surface area contributed by atoms with Crippen LogP contribution in [-0.4, -0.2) is 44.3 Å². The first kappa shape index (κ1) is 14.6. The molecule has 1 amide bonds. The number of hydrogen-bond donors (Lipinski definition) is 1. The van der Waals surface area contributed by atoms with Crippen LogP contribution in [0.1, 0.15) is 24.7 Å². The van der Waals surface area contributed by atoms with Crippen molar-refractivity contribution in [2.75, 3.05) is 13.1 Å². The van der Waals surface area contributed by atoms with Crippen molar-refractivity contribution in [2.45, 2.75) is 18.8 Å². The maximum Gasteiger partial charge on any atom is 0.407 e. The van der Waals surface area contributed by atoms with Crippen molar-refractivity contribution in [3.8, 4) is 11.5 Å². The van der Waals surface area contributed by atoms with E-state index < -0.39 is 6.09 Å². The quantitative estimate of drug-likeness (QED) is 0.778. The molecule has 1 aromatic carbocycles. The minimum atomic E-state index is -0.875. The molecule has 1 saturated heterocycles. The van der Waals surface area contributed by atoms with E-state index in [1.165, 1.54) is 4.90 Å². The standard InChI is InChI=1S/C17H16N4O3/c22-17(23)21-9-7-12(8-10-21)16-19-15(20-24-16)14-6-5-11-3-1-2-4-13(11)18-14/h1-6,12H,7-10H2,(H,22,23). The molecule has 0 radical (unpaired) electrons. The van der Waals surface area contributed by atoms with Gasteiger partial charge in [-0.1, -0.05) is 29.4 Å². The van der Waals surface area contributed by atoms with Crippen molar-refractivity contribution >= 4 is 17.0 Å². The van der Waals surface area contributed by atoms with E-state index in [9.17, 15) is 4.79 Å². The number of rotatable bonds is 2. The van der Waals surface area contributed by atoms with Crippen molar-refractivity contribution < 1.29 is 14.4 Å². The van der Waals surface area contributed by atoms with Crippen LogP contribution < -0.4 is 0 Å². The van der Waals surface area contributed by atoms with Gasteiger partial charge in [0.1, 0.15) is 5.69 Å². The summed E-state index contributed by atoms with van der Waals surface area (Å²) in [6, 6.07) is 11.7. The van der Waals surface area contributed by atoms with Gasteiger partial charge in [0, 0.05) is 24.4 Å². The fraction of sp³-hybridized carbons (Fsp3) is 0.294. The number of para-hydroxylation sites is 1. The summed E-state index contributed by atoms with van der Waals surface area (Å²) >= 11 is 0. The highest BCUT2D eigenvalue weighted by Crippen LogP contribution is 2.28. The second-order valence-electron chi connectivity index (χ2n) is 5.89. The van der Waals surface area contributed by atoms with E-state index >= 15 is 0 Å². The van der Waals surface area contributed by atoms with E-state index in [1.54, 1.807) is 0 Å². The van der Waals surface area contributed by atoms with Gasteiger partial charge in [-0.05, 0) is 25.0 Å². The summed E-state index contributed by atoms with van der Waals surface area (Å²) in [6.07, 6.45) is 0.512. The monoisotopic (exact) mass is 324 g/mol. The summed E-state index contributed by atoms with van der Waals surface area (Å²) < 4.78 is 5.40. The zero-order chi connectivity index (χ0) is 16.5. The molecule has 1 aliphatic heterocycles. The molecular formula is C17H16N4O3. The zero-order valence-corrected chi connectivity index (χ0v) is 12.9. The Morgan fingerprint density at radius 3 is 2.71 bits per heavy atom. The van der Waals surface area contributed by atoms with Gasteiger partial charge in [-0.15, -0.1) is 0 Å². The molecule has 0 saturated carbocycles. The first-order valence-corrected chi connectivity index (χ1v) is 7.88. The van der Waals surface area contributed by atoms with Crippen molar-refractivity contribution in [1.82, 2.24) is 20.0 Å². The third-order valence-corrected chi connectivity index (χ3v) is 4.38. The molecule has 0 bridgehead atoms. The molecule has 1 fully saturated rings. The minimum Gasteiger partial charge on any atom is -0.465 e. The van der Waals surface area contributed by atoms with Crippen molar-refractivity contribution in [3.05, 3.63) is 42.3 Å².